The molecule has 3 nitrogen and oxygen atoms in total. The quantitative estimate of drug-likeness (QED) is 0.637. The lowest BCUT2D eigenvalue weighted by molar-refractivity contribution is -0.274. The standard InChI is InChI=1S/C10H5BrF3NO2/c11-4-7(16)9-6(5-15)2-1-3-8(9)17-10(12,13)14/h1-3H,4H2. The van der Waals surface area contributed by atoms with E-state index in [4.69, 9.17) is 5.26 Å². The summed E-state index contributed by atoms with van der Waals surface area (Å²) in [6.07, 6.45) is -4.91. The van der Waals surface area contributed by atoms with Crippen LogP contribution in [0.5, 0.6) is 5.75 Å². The number of ether oxygens (including phenoxy) is 1. The molecule has 0 radical (unpaired) electrons. The molecule has 0 heterocycles. The molecule has 1 aromatic rings. The van der Waals surface area contributed by atoms with Gasteiger partial charge < -0.3 is 4.74 Å². The molecule has 0 unspecified atom stereocenters. The lowest BCUT2D eigenvalue weighted by Crippen LogP contribution is -2.19. The van der Waals surface area contributed by atoms with Gasteiger partial charge in [0.05, 0.1) is 16.5 Å². The van der Waals surface area contributed by atoms with Crippen LogP contribution in [0.25, 0.3) is 0 Å². The van der Waals surface area contributed by atoms with Crippen LogP contribution in [0.15, 0.2) is 18.2 Å². The van der Waals surface area contributed by atoms with Crippen molar-refractivity contribution >= 4 is 21.7 Å². The summed E-state index contributed by atoms with van der Waals surface area (Å²) in [6.45, 7) is 0. The second kappa shape index (κ2) is 5.19. The molecule has 0 aliphatic carbocycles. The number of nitrogens with zero attached hydrogens (tertiary/aromatic N) is 1. The first-order valence-electron chi connectivity index (χ1n) is 4.27. The van der Waals surface area contributed by atoms with Crippen LogP contribution in [0.1, 0.15) is 15.9 Å². The fraction of sp³-hybridized carbons (Fsp3) is 0.200. The topological polar surface area (TPSA) is 50.1 Å². The van der Waals surface area contributed by atoms with E-state index in [2.05, 4.69) is 20.7 Å². The van der Waals surface area contributed by atoms with Gasteiger partial charge in [0.15, 0.2) is 5.78 Å². The maximum Gasteiger partial charge on any atom is 0.573 e. The van der Waals surface area contributed by atoms with Crippen molar-refractivity contribution in [3.05, 3.63) is 29.3 Å². The van der Waals surface area contributed by atoms with Gasteiger partial charge in [-0.05, 0) is 12.1 Å². The van der Waals surface area contributed by atoms with Crippen molar-refractivity contribution in [2.24, 2.45) is 0 Å². The molecular formula is C10H5BrF3NO2. The first-order chi connectivity index (χ1) is 7.89. The van der Waals surface area contributed by atoms with E-state index < -0.39 is 17.9 Å². The zero-order valence-corrected chi connectivity index (χ0v) is 9.80. The Labute approximate surface area is 103 Å². The third-order valence-corrected chi connectivity index (χ3v) is 2.28. The zero-order valence-electron chi connectivity index (χ0n) is 8.21. The molecule has 17 heavy (non-hydrogen) atoms. The van der Waals surface area contributed by atoms with Crippen molar-refractivity contribution in [1.82, 2.24) is 0 Å². The summed E-state index contributed by atoms with van der Waals surface area (Å²) in [6, 6.07) is 5.10. The zero-order chi connectivity index (χ0) is 13.1. The Hall–Kier alpha value is -1.55. The summed E-state index contributed by atoms with van der Waals surface area (Å²) >= 11 is 2.83. The average Bonchev–Trinajstić information content (AvgIpc) is 2.25. The number of alkyl halides is 4. The molecule has 0 aliphatic rings. The molecule has 1 aromatic carbocycles. The van der Waals surface area contributed by atoms with Crippen molar-refractivity contribution in [2.75, 3.05) is 5.33 Å². The molecule has 0 aliphatic heterocycles. The van der Waals surface area contributed by atoms with Gasteiger partial charge >= 0.3 is 6.36 Å². The number of carbonyl (C=O) groups excluding carboxylic acids is 1. The summed E-state index contributed by atoms with van der Waals surface area (Å²) in [7, 11) is 0. The number of nitriles is 1. The number of ketones is 1. The van der Waals surface area contributed by atoms with Gasteiger partial charge in [0.2, 0.25) is 0 Å². The van der Waals surface area contributed by atoms with Gasteiger partial charge in [0.25, 0.3) is 0 Å². The highest BCUT2D eigenvalue weighted by Crippen LogP contribution is 2.29. The van der Waals surface area contributed by atoms with E-state index in [0.29, 0.717) is 0 Å². The van der Waals surface area contributed by atoms with Crippen molar-refractivity contribution in [1.29, 1.82) is 5.26 Å². The highest BCUT2D eigenvalue weighted by atomic mass is 79.9. The summed E-state index contributed by atoms with van der Waals surface area (Å²) in [5.74, 6) is -1.32. The molecule has 0 N–H and O–H groups in total. The third kappa shape index (κ3) is 3.46. The maximum atomic E-state index is 12.1. The molecule has 90 valence electrons. The number of benzene rings is 1. The highest BCUT2D eigenvalue weighted by Gasteiger charge is 2.33. The molecule has 0 aromatic heterocycles. The van der Waals surface area contributed by atoms with Crippen LogP contribution in [-0.2, 0) is 0 Å². The van der Waals surface area contributed by atoms with Gasteiger partial charge in [-0.25, -0.2) is 0 Å². The summed E-state index contributed by atoms with van der Waals surface area (Å²) in [5, 5.41) is 8.54. The average molecular weight is 308 g/mol. The number of halogens is 4. The van der Waals surface area contributed by atoms with Crippen LogP contribution in [0.2, 0.25) is 0 Å². The normalized spacial score (nSPS) is 10.8. The van der Waals surface area contributed by atoms with Crippen LogP contribution in [-0.4, -0.2) is 17.5 Å². The van der Waals surface area contributed by atoms with Crippen LogP contribution in [0.3, 0.4) is 0 Å². The molecule has 7 heteroatoms. The number of carbonyl (C=O) groups is 1. The molecule has 0 atom stereocenters. The molecule has 0 saturated heterocycles. The van der Waals surface area contributed by atoms with Gasteiger partial charge in [-0.1, -0.05) is 22.0 Å². The van der Waals surface area contributed by atoms with Crippen LogP contribution < -0.4 is 4.74 Å². The van der Waals surface area contributed by atoms with Crippen LogP contribution >= 0.6 is 15.9 Å². The predicted octanol–water partition coefficient (Wildman–Crippen LogP) is 3.03. The lowest BCUT2D eigenvalue weighted by Gasteiger charge is -2.12. The summed E-state index contributed by atoms with van der Waals surface area (Å²) in [5.41, 5.74) is -0.527. The minimum absolute atomic E-state index is 0.156. The van der Waals surface area contributed by atoms with Gasteiger partial charge in [0, 0.05) is 0 Å². The van der Waals surface area contributed by atoms with Gasteiger partial charge in [-0.15, -0.1) is 13.2 Å². The largest absolute Gasteiger partial charge is 0.573 e. The van der Waals surface area contributed by atoms with Crippen LogP contribution in [0, 0.1) is 11.3 Å². The smallest absolute Gasteiger partial charge is 0.405 e. The second-order valence-corrected chi connectivity index (χ2v) is 3.46. The Bertz CT molecular complexity index is 479. The predicted molar refractivity (Wildman–Crippen MR) is 56.0 cm³/mol. The van der Waals surface area contributed by atoms with Crippen molar-refractivity contribution < 1.29 is 22.7 Å². The van der Waals surface area contributed by atoms with Crippen LogP contribution in [0.4, 0.5) is 13.2 Å². The molecule has 0 spiro atoms. The van der Waals surface area contributed by atoms with Crippen molar-refractivity contribution in [3.8, 4) is 11.8 Å². The number of hydrogen-bond acceptors (Lipinski definition) is 3. The maximum absolute atomic E-state index is 12.1. The SMILES string of the molecule is N#Cc1cccc(OC(F)(F)F)c1C(=O)CBr. The summed E-state index contributed by atoms with van der Waals surface area (Å²) < 4.78 is 40.0. The van der Waals surface area contributed by atoms with Gasteiger partial charge in [-0.3, -0.25) is 4.79 Å². The molecule has 0 amide bonds. The van der Waals surface area contributed by atoms with E-state index in [1.165, 1.54) is 12.1 Å². The van der Waals surface area contributed by atoms with Crippen molar-refractivity contribution in [3.63, 3.8) is 0 Å². The Morgan fingerprint density at radius 3 is 2.59 bits per heavy atom. The van der Waals surface area contributed by atoms with E-state index in [-0.39, 0.29) is 16.5 Å². The highest BCUT2D eigenvalue weighted by molar-refractivity contribution is 9.09. The fourth-order valence-electron chi connectivity index (χ4n) is 1.19. The van der Waals surface area contributed by atoms with E-state index in [0.717, 1.165) is 6.07 Å². The number of Topliss-reactive ketones (excluding diaryl/α,β-unsaturated/α-hetero) is 1. The Morgan fingerprint density at radius 1 is 1.47 bits per heavy atom. The molecule has 0 saturated carbocycles. The monoisotopic (exact) mass is 307 g/mol. The number of hydrogen-bond donors (Lipinski definition) is 0. The van der Waals surface area contributed by atoms with E-state index in [1.54, 1.807) is 6.07 Å². The summed E-state index contributed by atoms with van der Waals surface area (Å²) in [4.78, 5) is 11.5. The first-order valence-corrected chi connectivity index (χ1v) is 5.39. The van der Waals surface area contributed by atoms with E-state index in [1.807, 2.05) is 0 Å². The Balaban J connectivity index is 3.31. The van der Waals surface area contributed by atoms with Gasteiger partial charge in [-0.2, -0.15) is 5.26 Å². The Kier molecular flexibility index (Phi) is 4.12. The minimum atomic E-state index is -4.91. The Morgan fingerprint density at radius 2 is 2.12 bits per heavy atom. The minimum Gasteiger partial charge on any atom is -0.405 e. The lowest BCUT2D eigenvalue weighted by atomic mass is 10.0. The number of rotatable bonds is 3. The molecule has 0 bridgehead atoms. The third-order valence-electron chi connectivity index (χ3n) is 1.77. The van der Waals surface area contributed by atoms with Crippen molar-refractivity contribution in [2.45, 2.75) is 6.36 Å². The van der Waals surface area contributed by atoms with E-state index in [9.17, 15) is 18.0 Å². The van der Waals surface area contributed by atoms with Gasteiger partial charge in [0.1, 0.15) is 11.8 Å². The first kappa shape index (κ1) is 13.5. The van der Waals surface area contributed by atoms with E-state index >= 15 is 0 Å². The second-order valence-electron chi connectivity index (χ2n) is 2.90. The fourth-order valence-corrected chi connectivity index (χ4v) is 1.47. The molecule has 1 rings (SSSR count). The molecule has 0 fully saturated rings. The molecular weight excluding hydrogens is 303 g/mol.